The summed E-state index contributed by atoms with van der Waals surface area (Å²) in [5, 5.41) is 1.03. The number of aromatic amines is 1. The van der Waals surface area contributed by atoms with Crippen molar-refractivity contribution >= 4 is 34.2 Å². The largest absolute Gasteiger partial charge is 0.497 e. The first-order chi connectivity index (χ1) is 21.8. The molecular formula is C36H36N4O4S. The lowest BCUT2D eigenvalue weighted by atomic mass is 9.93. The van der Waals surface area contributed by atoms with Crippen LogP contribution in [0.5, 0.6) is 11.5 Å². The molecule has 0 spiro atoms. The molecule has 0 fully saturated rings. The summed E-state index contributed by atoms with van der Waals surface area (Å²) < 4.78 is 13.5. The highest BCUT2D eigenvalue weighted by atomic mass is 32.1. The summed E-state index contributed by atoms with van der Waals surface area (Å²) in [6.07, 6.45) is 1.95. The Hall–Kier alpha value is -4.89. The smallest absolute Gasteiger partial charge is 0.271 e. The third-order valence-corrected chi connectivity index (χ3v) is 9.44. The number of H-pyrrole nitrogens is 1. The summed E-state index contributed by atoms with van der Waals surface area (Å²) in [5.74, 6) is 0.983. The van der Waals surface area contributed by atoms with E-state index in [0.717, 1.165) is 33.3 Å². The van der Waals surface area contributed by atoms with Gasteiger partial charge >= 0.3 is 0 Å². The lowest BCUT2D eigenvalue weighted by molar-refractivity contribution is -0.127. The number of fused-ring (bicyclic) bond motifs is 2. The van der Waals surface area contributed by atoms with Crippen molar-refractivity contribution in [2.45, 2.75) is 33.7 Å². The van der Waals surface area contributed by atoms with E-state index in [1.807, 2.05) is 57.2 Å². The molecule has 230 valence electrons. The molecular weight excluding hydrogens is 584 g/mol. The number of ether oxygens (including phenoxy) is 2. The number of thiazole rings is 1. The average molecular weight is 621 g/mol. The van der Waals surface area contributed by atoms with Crippen LogP contribution in [0.2, 0.25) is 0 Å². The van der Waals surface area contributed by atoms with Crippen LogP contribution in [0, 0.1) is 6.92 Å². The Labute approximate surface area is 265 Å². The first-order valence-electron chi connectivity index (χ1n) is 15.0. The van der Waals surface area contributed by atoms with Crippen LogP contribution in [0.4, 0.5) is 0 Å². The molecule has 0 radical (unpaired) electrons. The zero-order chi connectivity index (χ0) is 31.8. The number of aromatic nitrogens is 2. The SMILES string of the molecule is CCN(CC)C(=O)C1=C(C)N=c2s/c(=C/c3c(-c4ccccc4)[nH]c4c(C)cccc34)c(=O)n2[C@H]1c1cc(OC)ccc1OC. The molecule has 3 heterocycles. The number of carbonyl (C=O) groups is 1. The van der Waals surface area contributed by atoms with Gasteiger partial charge in [0.1, 0.15) is 17.5 Å². The maximum atomic E-state index is 14.6. The second kappa shape index (κ2) is 12.2. The molecule has 1 N–H and O–H groups in total. The van der Waals surface area contributed by atoms with E-state index in [9.17, 15) is 9.59 Å². The molecule has 0 aliphatic carbocycles. The number of nitrogens with one attached hydrogen (secondary N) is 1. The highest BCUT2D eigenvalue weighted by Gasteiger charge is 2.36. The number of likely N-dealkylation sites (N-methyl/N-ethyl adjacent to an activating group) is 1. The topological polar surface area (TPSA) is 88.9 Å². The Bertz CT molecular complexity index is 2140. The quantitative estimate of drug-likeness (QED) is 0.246. The molecule has 6 rings (SSSR count). The van der Waals surface area contributed by atoms with Crippen molar-refractivity contribution in [3.63, 3.8) is 0 Å². The summed E-state index contributed by atoms with van der Waals surface area (Å²) >= 11 is 1.32. The minimum atomic E-state index is -0.764. The molecule has 3 aromatic carbocycles. The number of allylic oxidation sites excluding steroid dienone is 1. The van der Waals surface area contributed by atoms with Gasteiger partial charge in [-0.25, -0.2) is 4.99 Å². The summed E-state index contributed by atoms with van der Waals surface area (Å²) in [5.41, 5.74) is 6.46. The molecule has 1 amide bonds. The summed E-state index contributed by atoms with van der Waals surface area (Å²) in [6.45, 7) is 8.86. The van der Waals surface area contributed by atoms with Crippen LogP contribution in [-0.4, -0.2) is 47.7 Å². The maximum Gasteiger partial charge on any atom is 0.271 e. The fourth-order valence-corrected chi connectivity index (χ4v) is 7.15. The van der Waals surface area contributed by atoms with Crippen molar-refractivity contribution in [2.24, 2.45) is 4.99 Å². The van der Waals surface area contributed by atoms with Gasteiger partial charge in [-0.1, -0.05) is 59.9 Å². The van der Waals surface area contributed by atoms with Gasteiger partial charge in [0.2, 0.25) is 0 Å². The van der Waals surface area contributed by atoms with Crippen molar-refractivity contribution in [3.8, 4) is 22.8 Å². The van der Waals surface area contributed by atoms with Crippen LogP contribution < -0.4 is 24.4 Å². The van der Waals surface area contributed by atoms with Crippen molar-refractivity contribution in [1.29, 1.82) is 0 Å². The lowest BCUT2D eigenvalue weighted by Gasteiger charge is -2.30. The fraction of sp³-hybridized carbons (Fsp3) is 0.250. The Morgan fingerprint density at radius 1 is 1.02 bits per heavy atom. The monoisotopic (exact) mass is 620 g/mol. The van der Waals surface area contributed by atoms with E-state index in [2.05, 4.69) is 36.2 Å². The molecule has 1 aliphatic rings. The Morgan fingerprint density at radius 3 is 2.47 bits per heavy atom. The molecule has 0 saturated heterocycles. The van der Waals surface area contributed by atoms with Gasteiger partial charge in [0.25, 0.3) is 11.5 Å². The van der Waals surface area contributed by atoms with Gasteiger partial charge in [-0.05, 0) is 63.1 Å². The summed E-state index contributed by atoms with van der Waals surface area (Å²) in [7, 11) is 3.18. The molecule has 0 unspecified atom stereocenters. The van der Waals surface area contributed by atoms with Crippen LogP contribution in [0.1, 0.15) is 43.5 Å². The number of methoxy groups -OCH3 is 2. The van der Waals surface area contributed by atoms with Gasteiger partial charge < -0.3 is 19.4 Å². The molecule has 2 aromatic heterocycles. The minimum absolute atomic E-state index is 0.163. The maximum absolute atomic E-state index is 14.6. The fourth-order valence-electron chi connectivity index (χ4n) is 6.12. The number of carbonyl (C=O) groups excluding carboxylic acids is 1. The van der Waals surface area contributed by atoms with Gasteiger partial charge in [-0.15, -0.1) is 0 Å². The molecule has 45 heavy (non-hydrogen) atoms. The summed E-state index contributed by atoms with van der Waals surface area (Å²) in [4.78, 5) is 39.4. The molecule has 5 aromatic rings. The van der Waals surface area contributed by atoms with Crippen LogP contribution in [0.3, 0.4) is 0 Å². The number of nitrogens with zero attached hydrogens (tertiary/aromatic N) is 3. The van der Waals surface area contributed by atoms with E-state index in [1.165, 1.54) is 11.3 Å². The zero-order valence-corrected chi connectivity index (χ0v) is 27.1. The zero-order valence-electron chi connectivity index (χ0n) is 26.3. The number of benzene rings is 3. The molecule has 1 aliphatic heterocycles. The highest BCUT2D eigenvalue weighted by Crippen LogP contribution is 2.38. The Kier molecular flexibility index (Phi) is 8.20. The van der Waals surface area contributed by atoms with E-state index < -0.39 is 6.04 Å². The van der Waals surface area contributed by atoms with Crippen molar-refractivity contribution < 1.29 is 14.3 Å². The Balaban J connectivity index is 1.65. The summed E-state index contributed by atoms with van der Waals surface area (Å²) in [6, 6.07) is 21.0. The third kappa shape index (κ3) is 5.17. The first-order valence-corrected chi connectivity index (χ1v) is 15.8. The van der Waals surface area contributed by atoms with E-state index in [0.29, 0.717) is 50.8 Å². The van der Waals surface area contributed by atoms with E-state index in [-0.39, 0.29) is 11.5 Å². The lowest BCUT2D eigenvalue weighted by Crippen LogP contribution is -2.43. The van der Waals surface area contributed by atoms with Gasteiger partial charge in [-0.2, -0.15) is 0 Å². The molecule has 9 heteroatoms. The van der Waals surface area contributed by atoms with E-state index >= 15 is 0 Å². The minimum Gasteiger partial charge on any atom is -0.497 e. The van der Waals surface area contributed by atoms with Crippen molar-refractivity contribution in [2.75, 3.05) is 27.3 Å². The molecule has 0 bridgehead atoms. The molecule has 1 atom stereocenters. The van der Waals surface area contributed by atoms with Crippen molar-refractivity contribution in [3.05, 3.63) is 114 Å². The average Bonchev–Trinajstić information content (AvgIpc) is 3.58. The standard InChI is InChI=1S/C36H36N4O4S/c1-7-39(8-2)35(42)30-22(4)37-36-40(33(30)27-19-24(43-5)17-18-28(27)44-6)34(41)29(45-36)20-26-25-16-12-13-21(3)31(25)38-32(26)23-14-10-9-11-15-23/h9-20,33,38H,7-8H2,1-6H3/b29-20+/t33-/m0/s1. The second-order valence-corrected chi connectivity index (χ2v) is 12.0. The number of hydrogen-bond acceptors (Lipinski definition) is 6. The van der Waals surface area contributed by atoms with Gasteiger partial charge in [0.15, 0.2) is 4.80 Å². The molecule has 8 nitrogen and oxygen atoms in total. The Morgan fingerprint density at radius 2 is 1.78 bits per heavy atom. The van der Waals surface area contributed by atoms with Crippen LogP contribution in [0.15, 0.2) is 87.8 Å². The van der Waals surface area contributed by atoms with Gasteiger partial charge in [0, 0.05) is 35.1 Å². The normalized spacial score (nSPS) is 14.8. The van der Waals surface area contributed by atoms with Crippen LogP contribution in [-0.2, 0) is 4.79 Å². The number of para-hydroxylation sites is 1. The number of hydrogen-bond donors (Lipinski definition) is 1. The predicted molar refractivity (Wildman–Crippen MR) is 180 cm³/mol. The van der Waals surface area contributed by atoms with Gasteiger partial charge in [0.05, 0.1) is 35.7 Å². The first kappa shape index (κ1) is 30.1. The second-order valence-electron chi connectivity index (χ2n) is 10.9. The number of amides is 1. The molecule has 0 saturated carbocycles. The third-order valence-electron chi connectivity index (χ3n) is 8.45. The predicted octanol–water partition coefficient (Wildman–Crippen LogP) is 5.58. The number of rotatable bonds is 8. The van der Waals surface area contributed by atoms with Gasteiger partial charge in [-0.3, -0.25) is 14.2 Å². The van der Waals surface area contributed by atoms with E-state index in [1.54, 1.807) is 35.8 Å². The van der Waals surface area contributed by atoms with Crippen LogP contribution >= 0.6 is 11.3 Å². The number of aryl methyl sites for hydroxylation is 1. The van der Waals surface area contributed by atoms with Crippen LogP contribution in [0.25, 0.3) is 28.2 Å². The van der Waals surface area contributed by atoms with Crippen molar-refractivity contribution in [1.82, 2.24) is 14.5 Å². The van der Waals surface area contributed by atoms with E-state index in [4.69, 9.17) is 14.5 Å². The highest BCUT2D eigenvalue weighted by molar-refractivity contribution is 7.07.